The number of hydrogen-bond donors (Lipinski definition) is 1. The molecule has 5 nitrogen and oxygen atoms in total. The predicted molar refractivity (Wildman–Crippen MR) is 109 cm³/mol. The Labute approximate surface area is 169 Å². The number of allylic oxidation sites excluding steroid dienone is 1. The van der Waals surface area contributed by atoms with Gasteiger partial charge in [0.25, 0.3) is 0 Å². The average Bonchev–Trinajstić information content (AvgIpc) is 3.26. The van der Waals surface area contributed by atoms with Gasteiger partial charge in [-0.1, -0.05) is 47.1 Å². The number of nitrogens with zero attached hydrogens (tertiary/aromatic N) is 3. The number of rotatable bonds is 7. The van der Waals surface area contributed by atoms with Gasteiger partial charge in [0.2, 0.25) is 5.91 Å². The molecule has 3 rings (SSSR count). The minimum absolute atomic E-state index is 0.169. The number of halogens is 2. The van der Waals surface area contributed by atoms with Crippen LogP contribution >= 0.6 is 46.3 Å². The minimum Gasteiger partial charge on any atom is -0.324 e. The molecule has 0 radical (unpaired) electrons. The smallest absolute Gasteiger partial charge is 0.234 e. The number of carbonyl (C=O) groups excluding carboxylic acids is 1. The summed E-state index contributed by atoms with van der Waals surface area (Å²) in [5.74, 6) is 0.730. The Hall–Kier alpha value is -1.80. The summed E-state index contributed by atoms with van der Waals surface area (Å²) in [6.07, 6.45) is 1.77. The van der Waals surface area contributed by atoms with E-state index in [9.17, 15) is 4.79 Å². The topological polar surface area (TPSA) is 59.8 Å². The molecule has 26 heavy (non-hydrogen) atoms. The van der Waals surface area contributed by atoms with Crippen LogP contribution in [0.25, 0.3) is 10.7 Å². The van der Waals surface area contributed by atoms with Gasteiger partial charge in [0.15, 0.2) is 11.0 Å². The van der Waals surface area contributed by atoms with Crippen LogP contribution in [0.1, 0.15) is 0 Å². The molecule has 0 fully saturated rings. The molecule has 1 aromatic carbocycles. The molecule has 0 atom stereocenters. The van der Waals surface area contributed by atoms with Crippen LogP contribution in [0, 0.1) is 0 Å². The zero-order valence-corrected chi connectivity index (χ0v) is 16.6. The summed E-state index contributed by atoms with van der Waals surface area (Å²) < 4.78 is 1.93. The molecule has 134 valence electrons. The molecule has 9 heteroatoms. The van der Waals surface area contributed by atoms with Crippen LogP contribution < -0.4 is 5.32 Å². The SMILES string of the molecule is C=CCn1c(SCC(=O)Nc2cc(Cl)ccc2Cl)nnc1-c1cccs1. The highest BCUT2D eigenvalue weighted by Crippen LogP contribution is 2.28. The molecular weight excluding hydrogens is 411 g/mol. The molecule has 0 aliphatic carbocycles. The fraction of sp³-hybridized carbons (Fsp3) is 0.118. The summed E-state index contributed by atoms with van der Waals surface area (Å²) in [5, 5.41) is 14.8. The lowest BCUT2D eigenvalue weighted by Gasteiger charge is -2.08. The summed E-state index contributed by atoms with van der Waals surface area (Å²) in [6, 6.07) is 8.86. The molecular formula is C17H14Cl2N4OS2. The van der Waals surface area contributed by atoms with Gasteiger partial charge in [-0.05, 0) is 29.6 Å². The van der Waals surface area contributed by atoms with Gasteiger partial charge in [0, 0.05) is 11.6 Å². The van der Waals surface area contributed by atoms with Crippen molar-refractivity contribution >= 4 is 57.9 Å². The number of benzene rings is 1. The Morgan fingerprint density at radius 2 is 2.19 bits per heavy atom. The summed E-state index contributed by atoms with van der Waals surface area (Å²) in [5.41, 5.74) is 0.483. The van der Waals surface area contributed by atoms with Gasteiger partial charge in [-0.25, -0.2) is 0 Å². The van der Waals surface area contributed by atoms with Crippen molar-refractivity contribution in [3.8, 4) is 10.7 Å². The normalized spacial score (nSPS) is 10.7. The van der Waals surface area contributed by atoms with Crippen LogP contribution in [0.4, 0.5) is 5.69 Å². The van der Waals surface area contributed by atoms with Crippen molar-refractivity contribution in [2.24, 2.45) is 0 Å². The molecule has 1 amide bonds. The van der Waals surface area contributed by atoms with Gasteiger partial charge >= 0.3 is 0 Å². The number of carbonyl (C=O) groups is 1. The molecule has 0 spiro atoms. The zero-order valence-electron chi connectivity index (χ0n) is 13.5. The molecule has 0 aliphatic rings. The third-order valence-corrected chi connectivity index (χ3v) is 5.70. The van der Waals surface area contributed by atoms with E-state index in [-0.39, 0.29) is 11.7 Å². The maximum atomic E-state index is 12.2. The fourth-order valence-electron chi connectivity index (χ4n) is 2.19. The molecule has 1 N–H and O–H groups in total. The van der Waals surface area contributed by atoms with Gasteiger partial charge in [-0.2, -0.15) is 0 Å². The highest BCUT2D eigenvalue weighted by atomic mass is 35.5. The number of thiophene rings is 1. The Morgan fingerprint density at radius 1 is 1.35 bits per heavy atom. The molecule has 0 saturated carbocycles. The summed E-state index contributed by atoms with van der Waals surface area (Å²) in [4.78, 5) is 13.3. The summed E-state index contributed by atoms with van der Waals surface area (Å²) in [7, 11) is 0. The Balaban J connectivity index is 1.70. The van der Waals surface area contributed by atoms with E-state index in [4.69, 9.17) is 23.2 Å². The van der Waals surface area contributed by atoms with Gasteiger partial charge in [-0.3, -0.25) is 9.36 Å². The van der Waals surface area contributed by atoms with E-state index < -0.39 is 0 Å². The van der Waals surface area contributed by atoms with Crippen LogP contribution in [-0.2, 0) is 11.3 Å². The second kappa shape index (κ2) is 8.73. The van der Waals surface area contributed by atoms with Crippen molar-refractivity contribution in [3.63, 3.8) is 0 Å². The Morgan fingerprint density at radius 3 is 2.92 bits per heavy atom. The number of amides is 1. The number of hydrogen-bond acceptors (Lipinski definition) is 5. The maximum Gasteiger partial charge on any atom is 0.234 e. The van der Waals surface area contributed by atoms with Crippen LogP contribution in [0.3, 0.4) is 0 Å². The second-order valence-electron chi connectivity index (χ2n) is 5.14. The number of aromatic nitrogens is 3. The Bertz CT molecular complexity index is 925. The first kappa shape index (κ1) is 19.0. The number of thioether (sulfide) groups is 1. The lowest BCUT2D eigenvalue weighted by Crippen LogP contribution is -2.15. The number of anilines is 1. The first-order valence-electron chi connectivity index (χ1n) is 7.54. The highest BCUT2D eigenvalue weighted by Gasteiger charge is 2.16. The van der Waals surface area contributed by atoms with Crippen molar-refractivity contribution in [1.29, 1.82) is 0 Å². The molecule has 2 aromatic heterocycles. The second-order valence-corrected chi connectivity index (χ2v) is 7.88. The van der Waals surface area contributed by atoms with Gasteiger partial charge < -0.3 is 5.32 Å². The monoisotopic (exact) mass is 424 g/mol. The molecule has 0 bridgehead atoms. The van der Waals surface area contributed by atoms with E-state index >= 15 is 0 Å². The largest absolute Gasteiger partial charge is 0.324 e. The van der Waals surface area contributed by atoms with Crippen LogP contribution in [0.15, 0.2) is 53.5 Å². The lowest BCUT2D eigenvalue weighted by molar-refractivity contribution is -0.113. The van der Waals surface area contributed by atoms with E-state index in [0.29, 0.717) is 27.4 Å². The molecule has 0 aliphatic heterocycles. The first-order valence-corrected chi connectivity index (χ1v) is 10.2. The van der Waals surface area contributed by atoms with E-state index in [1.54, 1.807) is 35.6 Å². The van der Waals surface area contributed by atoms with Crippen molar-refractivity contribution in [2.45, 2.75) is 11.7 Å². The van der Waals surface area contributed by atoms with Crippen LogP contribution in [0.5, 0.6) is 0 Å². The molecule has 0 saturated heterocycles. The highest BCUT2D eigenvalue weighted by molar-refractivity contribution is 7.99. The molecule has 0 unspecified atom stereocenters. The molecule has 2 heterocycles. The minimum atomic E-state index is -0.204. The quantitative estimate of drug-likeness (QED) is 0.416. The van der Waals surface area contributed by atoms with Crippen LogP contribution in [-0.4, -0.2) is 26.4 Å². The number of nitrogens with one attached hydrogen (secondary N) is 1. The standard InChI is InChI=1S/C17H14Cl2N4OS2/c1-2-7-23-16(14-4-3-8-25-14)21-22-17(23)26-10-15(24)20-13-9-11(18)5-6-12(13)19/h2-6,8-9H,1,7,10H2,(H,20,24). The third kappa shape index (κ3) is 4.48. The van der Waals surface area contributed by atoms with Crippen molar-refractivity contribution in [3.05, 3.63) is 58.4 Å². The summed E-state index contributed by atoms with van der Waals surface area (Å²) >= 11 is 14.9. The fourth-order valence-corrected chi connectivity index (χ4v) is 3.99. The van der Waals surface area contributed by atoms with Crippen LogP contribution in [0.2, 0.25) is 10.0 Å². The van der Waals surface area contributed by atoms with Gasteiger partial charge in [0.1, 0.15) is 0 Å². The maximum absolute atomic E-state index is 12.2. The van der Waals surface area contributed by atoms with Gasteiger partial charge in [-0.15, -0.1) is 28.1 Å². The summed E-state index contributed by atoms with van der Waals surface area (Å²) in [6.45, 7) is 4.34. The van der Waals surface area contributed by atoms with Crippen molar-refractivity contribution in [2.75, 3.05) is 11.1 Å². The molecule has 3 aromatic rings. The van der Waals surface area contributed by atoms with E-state index in [0.717, 1.165) is 10.7 Å². The third-order valence-electron chi connectivity index (χ3n) is 3.30. The van der Waals surface area contributed by atoms with E-state index in [1.807, 2.05) is 22.1 Å². The Kier molecular flexibility index (Phi) is 6.37. The van der Waals surface area contributed by atoms with E-state index in [2.05, 4.69) is 22.1 Å². The first-order chi connectivity index (χ1) is 12.6. The van der Waals surface area contributed by atoms with Crippen molar-refractivity contribution in [1.82, 2.24) is 14.8 Å². The zero-order chi connectivity index (χ0) is 18.5. The lowest BCUT2D eigenvalue weighted by atomic mass is 10.3. The predicted octanol–water partition coefficient (Wildman–Crippen LogP) is 5.23. The van der Waals surface area contributed by atoms with Gasteiger partial charge in [0.05, 0.1) is 21.3 Å². The van der Waals surface area contributed by atoms with E-state index in [1.165, 1.54) is 11.8 Å². The van der Waals surface area contributed by atoms with Crippen molar-refractivity contribution < 1.29 is 4.79 Å². The average molecular weight is 425 g/mol.